The molecule has 0 saturated carbocycles. The van der Waals surface area contributed by atoms with Crippen LogP contribution in [-0.4, -0.2) is 15.9 Å². The van der Waals surface area contributed by atoms with Crippen molar-refractivity contribution >= 4 is 32.6 Å². The zero-order valence-electron chi connectivity index (χ0n) is 16.5. The number of phenols is 1. The van der Waals surface area contributed by atoms with Crippen LogP contribution in [0.4, 0.5) is 0 Å². The van der Waals surface area contributed by atoms with Gasteiger partial charge in [0.05, 0.1) is 6.42 Å². The van der Waals surface area contributed by atoms with Crippen LogP contribution < -0.4 is 0 Å². The molecule has 0 unspecified atom stereocenters. The summed E-state index contributed by atoms with van der Waals surface area (Å²) in [7, 11) is 0. The van der Waals surface area contributed by atoms with Gasteiger partial charge in [-0.15, -0.1) is 0 Å². The normalized spacial score (nSPS) is 10.8. The lowest BCUT2D eigenvalue weighted by Crippen LogP contribution is -2.31. The number of amides is 1. The third-order valence-electron chi connectivity index (χ3n) is 5.17. The van der Waals surface area contributed by atoms with Gasteiger partial charge >= 0.3 is 0 Å². The van der Waals surface area contributed by atoms with Crippen molar-refractivity contribution in [1.82, 2.24) is 4.90 Å². The number of fused-ring (bicyclic) bond motifs is 1. The van der Waals surface area contributed by atoms with Crippen molar-refractivity contribution in [2.75, 3.05) is 0 Å². The molecule has 4 aromatic rings. The summed E-state index contributed by atoms with van der Waals surface area (Å²) in [6.07, 6.45) is 0.343. The van der Waals surface area contributed by atoms with Crippen LogP contribution in [0.2, 0.25) is 0 Å². The fraction of sp³-hybridized carbons (Fsp3) is 0.115. The summed E-state index contributed by atoms with van der Waals surface area (Å²) in [6.45, 7) is 1.01. The van der Waals surface area contributed by atoms with Crippen molar-refractivity contribution < 1.29 is 9.90 Å². The quantitative estimate of drug-likeness (QED) is 0.379. The van der Waals surface area contributed by atoms with Crippen LogP contribution in [0.1, 0.15) is 16.7 Å². The summed E-state index contributed by atoms with van der Waals surface area (Å²) < 4.78 is 1.01. The van der Waals surface area contributed by atoms with Crippen molar-refractivity contribution in [3.8, 4) is 5.75 Å². The van der Waals surface area contributed by atoms with E-state index in [1.165, 1.54) is 0 Å². The Bertz CT molecular complexity index is 1100. The fourth-order valence-corrected chi connectivity index (χ4v) is 3.85. The number of hydrogen-bond donors (Lipinski definition) is 1. The van der Waals surface area contributed by atoms with Crippen molar-refractivity contribution in [1.29, 1.82) is 0 Å². The molecular formula is C26H22BrNO2. The first kappa shape index (κ1) is 20.2. The molecule has 1 N–H and O–H groups in total. The average molecular weight is 460 g/mol. The number of phenolic OH excluding ortho intramolecular Hbond substituents is 1. The first-order valence-corrected chi connectivity index (χ1v) is 10.6. The number of benzene rings is 4. The maximum Gasteiger partial charge on any atom is 0.227 e. The predicted molar refractivity (Wildman–Crippen MR) is 124 cm³/mol. The fourth-order valence-electron chi connectivity index (χ4n) is 3.59. The van der Waals surface area contributed by atoms with Crippen molar-refractivity contribution in [3.05, 3.63) is 112 Å². The lowest BCUT2D eigenvalue weighted by Gasteiger charge is -2.24. The molecule has 0 aliphatic carbocycles. The number of rotatable bonds is 6. The number of carbonyl (C=O) groups excluding carboxylic acids is 1. The molecular weight excluding hydrogens is 438 g/mol. The van der Waals surface area contributed by atoms with E-state index in [2.05, 4.69) is 34.1 Å². The van der Waals surface area contributed by atoms with Gasteiger partial charge in [-0.05, 0) is 51.7 Å². The highest BCUT2D eigenvalue weighted by molar-refractivity contribution is 9.10. The lowest BCUT2D eigenvalue weighted by atomic mass is 10.0. The molecule has 0 saturated heterocycles. The van der Waals surface area contributed by atoms with E-state index < -0.39 is 0 Å². The highest BCUT2D eigenvalue weighted by Gasteiger charge is 2.17. The number of nitrogens with zero attached hydrogens (tertiary/aromatic N) is 1. The Labute approximate surface area is 184 Å². The van der Waals surface area contributed by atoms with Crippen molar-refractivity contribution in [2.45, 2.75) is 19.5 Å². The minimum Gasteiger partial charge on any atom is -0.508 e. The molecule has 4 rings (SSSR count). The van der Waals surface area contributed by atoms with Crippen molar-refractivity contribution in [3.63, 3.8) is 0 Å². The lowest BCUT2D eigenvalue weighted by molar-refractivity contribution is -0.131. The largest absolute Gasteiger partial charge is 0.508 e. The van der Waals surface area contributed by atoms with Gasteiger partial charge in [0.25, 0.3) is 0 Å². The van der Waals surface area contributed by atoms with Crippen LogP contribution in [-0.2, 0) is 24.3 Å². The Balaban J connectivity index is 1.60. The Morgan fingerprint density at radius 3 is 2.07 bits per heavy atom. The highest BCUT2D eigenvalue weighted by Crippen LogP contribution is 2.21. The topological polar surface area (TPSA) is 40.5 Å². The van der Waals surface area contributed by atoms with Gasteiger partial charge in [-0.3, -0.25) is 4.79 Å². The third-order valence-corrected chi connectivity index (χ3v) is 5.70. The molecule has 0 atom stereocenters. The van der Waals surface area contributed by atoms with Crippen LogP contribution in [0, 0.1) is 0 Å². The smallest absolute Gasteiger partial charge is 0.227 e. The van der Waals surface area contributed by atoms with E-state index in [-0.39, 0.29) is 11.7 Å². The molecule has 150 valence electrons. The van der Waals surface area contributed by atoms with E-state index in [4.69, 9.17) is 0 Å². The molecule has 4 heteroatoms. The summed E-state index contributed by atoms with van der Waals surface area (Å²) in [6, 6.07) is 29.3. The number of aromatic hydroxyl groups is 1. The van der Waals surface area contributed by atoms with E-state index in [9.17, 15) is 9.90 Å². The van der Waals surface area contributed by atoms with Gasteiger partial charge in [-0.2, -0.15) is 0 Å². The Morgan fingerprint density at radius 1 is 0.767 bits per heavy atom. The second kappa shape index (κ2) is 9.14. The van der Waals surface area contributed by atoms with Gasteiger partial charge in [0.1, 0.15) is 5.75 Å². The van der Waals surface area contributed by atoms with E-state index in [1.807, 2.05) is 65.6 Å². The summed E-state index contributed by atoms with van der Waals surface area (Å²) in [5, 5.41) is 11.8. The molecule has 0 bridgehead atoms. The van der Waals surface area contributed by atoms with Crippen LogP contribution >= 0.6 is 15.9 Å². The van der Waals surface area contributed by atoms with Gasteiger partial charge in [0.15, 0.2) is 0 Å². The average Bonchev–Trinajstić information content (AvgIpc) is 2.76. The minimum atomic E-state index is 0.0716. The first-order valence-electron chi connectivity index (χ1n) is 9.85. The second-order valence-corrected chi connectivity index (χ2v) is 8.27. The van der Waals surface area contributed by atoms with Gasteiger partial charge in [0.2, 0.25) is 5.91 Å². The number of halogens is 1. The summed E-state index contributed by atoms with van der Waals surface area (Å²) >= 11 is 3.46. The SMILES string of the molecule is O=C(Cc1cccc2ccccc12)N(Cc1ccc(O)cc1)Cc1ccc(Br)cc1. The molecule has 0 heterocycles. The zero-order valence-corrected chi connectivity index (χ0v) is 18.0. The third kappa shape index (κ3) is 4.89. The highest BCUT2D eigenvalue weighted by atomic mass is 79.9. The van der Waals surface area contributed by atoms with Gasteiger partial charge < -0.3 is 10.0 Å². The van der Waals surface area contributed by atoms with Crippen molar-refractivity contribution in [2.24, 2.45) is 0 Å². The molecule has 4 aromatic carbocycles. The monoisotopic (exact) mass is 459 g/mol. The van der Waals surface area contributed by atoms with E-state index in [0.717, 1.165) is 31.9 Å². The van der Waals surface area contributed by atoms with Crippen LogP contribution in [0.3, 0.4) is 0 Å². The first-order chi connectivity index (χ1) is 14.6. The maximum atomic E-state index is 13.4. The Morgan fingerprint density at radius 2 is 1.37 bits per heavy atom. The van der Waals surface area contributed by atoms with Crippen LogP contribution in [0.25, 0.3) is 10.8 Å². The van der Waals surface area contributed by atoms with Crippen LogP contribution in [0.15, 0.2) is 95.5 Å². The molecule has 0 fully saturated rings. The van der Waals surface area contributed by atoms with E-state index in [0.29, 0.717) is 19.5 Å². The number of hydrogen-bond acceptors (Lipinski definition) is 2. The molecule has 3 nitrogen and oxygen atoms in total. The standard InChI is InChI=1S/C26H22BrNO2/c27-23-12-8-19(9-13-23)17-28(18-20-10-14-24(29)15-11-20)26(30)16-22-6-3-5-21-4-1-2-7-25(21)22/h1-15,29H,16-18H2. The Kier molecular flexibility index (Phi) is 6.15. The predicted octanol–water partition coefficient (Wildman–Crippen LogP) is 6.08. The van der Waals surface area contributed by atoms with Gasteiger partial charge in [0, 0.05) is 17.6 Å². The van der Waals surface area contributed by atoms with E-state index >= 15 is 0 Å². The second-order valence-electron chi connectivity index (χ2n) is 7.36. The van der Waals surface area contributed by atoms with E-state index in [1.54, 1.807) is 12.1 Å². The zero-order chi connectivity index (χ0) is 20.9. The van der Waals surface area contributed by atoms with Crippen LogP contribution in [0.5, 0.6) is 5.75 Å². The maximum absolute atomic E-state index is 13.4. The molecule has 0 aliphatic rings. The molecule has 0 spiro atoms. The molecule has 0 radical (unpaired) electrons. The molecule has 0 aliphatic heterocycles. The minimum absolute atomic E-state index is 0.0716. The Hall–Kier alpha value is -3.11. The number of carbonyl (C=O) groups is 1. The molecule has 0 aromatic heterocycles. The molecule has 1 amide bonds. The summed E-state index contributed by atoms with van der Waals surface area (Å²) in [5.74, 6) is 0.294. The van der Waals surface area contributed by atoms with Gasteiger partial charge in [-0.25, -0.2) is 0 Å². The van der Waals surface area contributed by atoms with Gasteiger partial charge in [-0.1, -0.05) is 82.7 Å². The summed E-state index contributed by atoms with van der Waals surface area (Å²) in [4.78, 5) is 15.2. The summed E-state index contributed by atoms with van der Waals surface area (Å²) in [5.41, 5.74) is 3.09. The molecule has 30 heavy (non-hydrogen) atoms.